The van der Waals surface area contributed by atoms with Gasteiger partial charge in [-0.2, -0.15) is 0 Å². The van der Waals surface area contributed by atoms with Gasteiger partial charge >= 0.3 is 5.91 Å². The van der Waals surface area contributed by atoms with Gasteiger partial charge in [-0.1, -0.05) is 58.4 Å². The van der Waals surface area contributed by atoms with E-state index in [2.05, 4.69) is 10.2 Å². The highest BCUT2D eigenvalue weighted by molar-refractivity contribution is 8.00. The van der Waals surface area contributed by atoms with Crippen molar-refractivity contribution in [3.05, 3.63) is 98.8 Å². The van der Waals surface area contributed by atoms with Gasteiger partial charge in [-0.15, -0.1) is 10.2 Å². The number of carbonyl (C=O) groups excluding carboxylic acids is 2. The van der Waals surface area contributed by atoms with Gasteiger partial charge < -0.3 is 14.9 Å². The number of phenolic OH excluding ortho intramolecular Hbond substituents is 1. The molecule has 2 N–H and O–H groups in total. The van der Waals surface area contributed by atoms with Gasteiger partial charge in [-0.05, 0) is 66.6 Å². The highest BCUT2D eigenvalue weighted by Crippen LogP contribution is 2.45. The number of aliphatic hydroxyl groups is 1. The van der Waals surface area contributed by atoms with E-state index in [1.54, 1.807) is 25.1 Å². The minimum absolute atomic E-state index is 0.117. The Kier molecular flexibility index (Phi) is 8.50. The van der Waals surface area contributed by atoms with Crippen LogP contribution >= 0.6 is 46.3 Å². The molecule has 0 bridgehead atoms. The van der Waals surface area contributed by atoms with Crippen LogP contribution in [0.1, 0.15) is 29.7 Å². The summed E-state index contributed by atoms with van der Waals surface area (Å²) in [4.78, 5) is 28.0. The first kappa shape index (κ1) is 28.9. The second-order valence-corrected chi connectivity index (χ2v) is 11.7. The third-order valence-electron chi connectivity index (χ3n) is 6.13. The van der Waals surface area contributed by atoms with Crippen molar-refractivity contribution in [1.29, 1.82) is 0 Å². The number of halogens is 3. The quantitative estimate of drug-likeness (QED) is 0.0702. The maximum Gasteiger partial charge on any atom is 0.301 e. The van der Waals surface area contributed by atoms with Crippen molar-refractivity contribution >= 4 is 68.9 Å². The van der Waals surface area contributed by atoms with Crippen molar-refractivity contribution in [2.45, 2.75) is 23.1 Å². The van der Waals surface area contributed by atoms with Gasteiger partial charge in [0.25, 0.3) is 5.78 Å². The molecule has 8 nitrogen and oxygen atoms in total. The number of thioether (sulfide) groups is 1. The lowest BCUT2D eigenvalue weighted by molar-refractivity contribution is -0.132. The smallest absolute Gasteiger partial charge is 0.301 e. The molecule has 0 spiro atoms. The fourth-order valence-corrected chi connectivity index (χ4v) is 6.64. The minimum Gasteiger partial charge on any atom is -0.507 e. The summed E-state index contributed by atoms with van der Waals surface area (Å²) in [5.41, 5.74) is 1.11. The number of carbonyl (C=O) groups is 2. The van der Waals surface area contributed by atoms with Crippen LogP contribution < -0.4 is 9.64 Å². The maximum absolute atomic E-state index is 13.6. The minimum atomic E-state index is -1.14. The molecule has 1 unspecified atom stereocenters. The third kappa shape index (κ3) is 5.89. The number of hydrogen-bond donors (Lipinski definition) is 2. The summed E-state index contributed by atoms with van der Waals surface area (Å²) in [6.45, 7) is 1.99. The number of aliphatic hydroxyl groups excluding tert-OH is 1. The van der Waals surface area contributed by atoms with E-state index in [1.807, 2.05) is 0 Å². The zero-order valence-corrected chi connectivity index (χ0v) is 24.3. The van der Waals surface area contributed by atoms with E-state index < -0.39 is 29.3 Å². The fourth-order valence-electron chi connectivity index (χ4n) is 4.22. The van der Waals surface area contributed by atoms with Crippen LogP contribution in [0.3, 0.4) is 0 Å². The average Bonchev–Trinajstić information content (AvgIpc) is 3.51. The molecular weight excluding hydrogens is 612 g/mol. The molecule has 13 heteroatoms. The Hall–Kier alpha value is -3.64. The highest BCUT2D eigenvalue weighted by Gasteiger charge is 2.48. The van der Waals surface area contributed by atoms with Crippen molar-refractivity contribution < 1.29 is 28.9 Å². The zero-order valence-electron chi connectivity index (χ0n) is 21.2. The Morgan fingerprint density at radius 2 is 1.85 bits per heavy atom. The highest BCUT2D eigenvalue weighted by atomic mass is 35.5. The Bertz CT molecular complexity index is 1680. The number of aromatic hydroxyl groups is 1. The lowest BCUT2D eigenvalue weighted by atomic mass is 9.95. The normalized spacial score (nSPS) is 16.4. The molecule has 5 rings (SSSR count). The second kappa shape index (κ2) is 12.1. The van der Waals surface area contributed by atoms with Crippen molar-refractivity contribution in [3.8, 4) is 11.5 Å². The number of benzene rings is 3. The van der Waals surface area contributed by atoms with Crippen LogP contribution in [0.2, 0.25) is 10.0 Å². The molecule has 0 radical (unpaired) electrons. The summed E-state index contributed by atoms with van der Waals surface area (Å²) in [6, 6.07) is 13.3. The fraction of sp³-hybridized carbons (Fsp3) is 0.143. The Morgan fingerprint density at radius 3 is 2.56 bits per heavy atom. The van der Waals surface area contributed by atoms with Crippen LogP contribution in [0.25, 0.3) is 5.76 Å². The molecule has 3 aromatic carbocycles. The number of amides is 1. The predicted octanol–water partition coefficient (Wildman–Crippen LogP) is 7.01. The third-order valence-corrected chi connectivity index (χ3v) is 8.82. The van der Waals surface area contributed by atoms with Crippen LogP contribution in [0.5, 0.6) is 11.5 Å². The van der Waals surface area contributed by atoms with Gasteiger partial charge in [-0.25, -0.2) is 4.39 Å². The molecule has 1 amide bonds. The molecule has 0 saturated carbocycles. The van der Waals surface area contributed by atoms with E-state index in [1.165, 1.54) is 42.1 Å². The van der Waals surface area contributed by atoms with Crippen molar-refractivity contribution in [1.82, 2.24) is 10.2 Å². The SMILES string of the molecule is CCOc1cc(C2/C(=C(/O)c3ccc(F)cc3)C(=O)C(=O)N2c2nnc(SCc3ccc(Cl)cc3Cl)s2)ccc1O. The second-order valence-electron chi connectivity index (χ2n) is 8.71. The van der Waals surface area contributed by atoms with E-state index in [9.17, 15) is 24.2 Å². The summed E-state index contributed by atoms with van der Waals surface area (Å²) in [5.74, 6) is -2.46. The largest absolute Gasteiger partial charge is 0.507 e. The van der Waals surface area contributed by atoms with Crippen molar-refractivity contribution in [3.63, 3.8) is 0 Å². The predicted molar refractivity (Wildman–Crippen MR) is 156 cm³/mol. The number of rotatable bonds is 8. The van der Waals surface area contributed by atoms with Gasteiger partial charge in [0.1, 0.15) is 11.6 Å². The molecule has 41 heavy (non-hydrogen) atoms. The van der Waals surface area contributed by atoms with Crippen molar-refractivity contribution in [2.24, 2.45) is 0 Å². The van der Waals surface area contributed by atoms with Crippen LogP contribution in [0.15, 0.2) is 70.6 Å². The van der Waals surface area contributed by atoms with Gasteiger partial charge in [0.2, 0.25) is 5.13 Å². The summed E-state index contributed by atoms with van der Waals surface area (Å²) in [6.07, 6.45) is 0. The molecule has 210 valence electrons. The molecule has 0 aliphatic carbocycles. The molecule has 1 aliphatic rings. The van der Waals surface area contributed by atoms with Crippen LogP contribution in [-0.2, 0) is 15.3 Å². The number of ketones is 1. The number of anilines is 1. The molecule has 1 atom stereocenters. The lowest BCUT2D eigenvalue weighted by Gasteiger charge is -2.23. The number of nitrogens with zero attached hydrogens (tertiary/aromatic N) is 3. The number of phenols is 1. The van der Waals surface area contributed by atoms with Gasteiger partial charge in [0.05, 0.1) is 18.2 Å². The zero-order chi connectivity index (χ0) is 29.3. The first-order chi connectivity index (χ1) is 19.7. The molecule has 1 saturated heterocycles. The number of aromatic nitrogens is 2. The van der Waals surface area contributed by atoms with Gasteiger partial charge in [0.15, 0.2) is 15.8 Å². The maximum atomic E-state index is 13.6. The average molecular weight is 633 g/mol. The van der Waals surface area contributed by atoms with E-state index in [0.29, 0.717) is 25.7 Å². The molecule has 1 aromatic heterocycles. The number of ether oxygens (including phenoxy) is 1. The first-order valence-electron chi connectivity index (χ1n) is 12.1. The van der Waals surface area contributed by atoms with Gasteiger partial charge in [0, 0.05) is 21.4 Å². The lowest BCUT2D eigenvalue weighted by Crippen LogP contribution is -2.29. The van der Waals surface area contributed by atoms with Crippen molar-refractivity contribution in [2.75, 3.05) is 11.5 Å². The van der Waals surface area contributed by atoms with Gasteiger partial charge in [-0.3, -0.25) is 14.5 Å². The first-order valence-corrected chi connectivity index (χ1v) is 14.7. The molecule has 2 heterocycles. The summed E-state index contributed by atoms with van der Waals surface area (Å²) in [5, 5.41) is 30.9. The van der Waals surface area contributed by atoms with E-state index >= 15 is 0 Å². The number of hydrogen-bond acceptors (Lipinski definition) is 9. The monoisotopic (exact) mass is 631 g/mol. The van der Waals surface area contributed by atoms with E-state index in [4.69, 9.17) is 27.9 Å². The molecule has 4 aromatic rings. The topological polar surface area (TPSA) is 113 Å². The number of Topliss-reactive ketones (excluding diaryl/α,β-unsaturated/α-hetero) is 1. The van der Waals surface area contributed by atoms with Crippen LogP contribution in [0, 0.1) is 5.82 Å². The van der Waals surface area contributed by atoms with Crippen LogP contribution in [-0.4, -0.2) is 38.7 Å². The summed E-state index contributed by atoms with van der Waals surface area (Å²) < 4.78 is 19.6. The van der Waals surface area contributed by atoms with Crippen LogP contribution in [0.4, 0.5) is 9.52 Å². The summed E-state index contributed by atoms with van der Waals surface area (Å²) >= 11 is 14.7. The molecule has 1 aliphatic heterocycles. The van der Waals surface area contributed by atoms with E-state index in [-0.39, 0.29) is 34.4 Å². The Labute approximate surface area is 252 Å². The standard InChI is InChI=1S/C28H20Cl2FN3O5S2/c1-2-39-21-11-15(6-10-20(21)35)23-22(24(36)14-4-8-18(31)9-5-14)25(37)26(38)34(23)27-32-33-28(41-27)40-13-16-3-7-17(29)12-19(16)30/h3-12,23,35-36H,2,13H2,1H3/b24-22-. The van der Waals surface area contributed by atoms with E-state index in [0.717, 1.165) is 33.9 Å². The molecular formula is C28H20Cl2FN3O5S2. The Balaban J connectivity index is 1.56. The molecule has 1 fully saturated rings. The summed E-state index contributed by atoms with van der Waals surface area (Å²) in [7, 11) is 0. The Morgan fingerprint density at radius 1 is 1.10 bits per heavy atom.